The van der Waals surface area contributed by atoms with Gasteiger partial charge < -0.3 is 14.2 Å². The number of methoxy groups -OCH3 is 1. The largest absolute Gasteiger partial charge is 0.453 e. The number of anilines is 1. The van der Waals surface area contributed by atoms with Crippen molar-refractivity contribution in [2.75, 3.05) is 19.0 Å². The van der Waals surface area contributed by atoms with Crippen molar-refractivity contribution in [2.45, 2.75) is 39.7 Å². The second-order valence-electron chi connectivity index (χ2n) is 5.87. The van der Waals surface area contributed by atoms with Crippen molar-refractivity contribution in [1.29, 1.82) is 0 Å². The summed E-state index contributed by atoms with van der Waals surface area (Å²) in [6.45, 7) is 4.90. The third-order valence-corrected chi connectivity index (χ3v) is 5.25. The van der Waals surface area contributed by atoms with Gasteiger partial charge in [-0.2, -0.15) is 0 Å². The molecule has 0 aromatic carbocycles. The van der Waals surface area contributed by atoms with Crippen LogP contribution in [0.3, 0.4) is 0 Å². The number of carbonyl (C=O) groups is 2. The first-order valence-corrected chi connectivity index (χ1v) is 8.82. The molecule has 1 aliphatic heterocycles. The minimum absolute atomic E-state index is 0.0986. The summed E-state index contributed by atoms with van der Waals surface area (Å²) in [6.07, 6.45) is 1.19. The molecule has 0 spiro atoms. The predicted octanol–water partition coefficient (Wildman–Crippen LogP) is 2.44. The molecular weight excluding hydrogens is 344 g/mol. The number of aryl methyl sites for hydroxylation is 2. The molecule has 2 aromatic heterocycles. The summed E-state index contributed by atoms with van der Waals surface area (Å²) >= 11 is 1.38. The number of amides is 2. The summed E-state index contributed by atoms with van der Waals surface area (Å²) in [6, 6.07) is 0. The Morgan fingerprint density at radius 1 is 1.40 bits per heavy atom. The second-order valence-corrected chi connectivity index (χ2v) is 6.96. The van der Waals surface area contributed by atoms with Gasteiger partial charge in [-0.1, -0.05) is 16.5 Å². The molecule has 8 nitrogen and oxygen atoms in total. The Morgan fingerprint density at radius 3 is 2.88 bits per heavy atom. The van der Waals surface area contributed by atoms with E-state index in [9.17, 15) is 9.59 Å². The van der Waals surface area contributed by atoms with Crippen LogP contribution < -0.4 is 5.32 Å². The molecule has 0 radical (unpaired) electrons. The fraction of sp³-hybridized carbons (Fsp3) is 0.500. The number of hydrogen-bond donors (Lipinski definition) is 1. The zero-order chi connectivity index (χ0) is 18.0. The Labute approximate surface area is 149 Å². The molecule has 0 fully saturated rings. The molecule has 25 heavy (non-hydrogen) atoms. The van der Waals surface area contributed by atoms with Crippen LogP contribution in [0.2, 0.25) is 0 Å². The lowest BCUT2D eigenvalue weighted by molar-refractivity contribution is -0.132. The highest BCUT2D eigenvalue weighted by molar-refractivity contribution is 7.15. The number of aromatic nitrogens is 2. The minimum Gasteiger partial charge on any atom is -0.453 e. The molecule has 0 saturated heterocycles. The van der Waals surface area contributed by atoms with Crippen molar-refractivity contribution in [2.24, 2.45) is 0 Å². The third-order valence-electron chi connectivity index (χ3n) is 4.25. The quantitative estimate of drug-likeness (QED) is 0.895. The predicted molar refractivity (Wildman–Crippen MR) is 91.6 cm³/mol. The van der Waals surface area contributed by atoms with Crippen molar-refractivity contribution in [1.82, 2.24) is 15.0 Å². The van der Waals surface area contributed by atoms with Gasteiger partial charge in [0.1, 0.15) is 5.76 Å². The smallest absolute Gasteiger partial charge is 0.413 e. The molecule has 1 aliphatic rings. The van der Waals surface area contributed by atoms with Crippen LogP contribution in [-0.2, 0) is 28.9 Å². The van der Waals surface area contributed by atoms with Crippen LogP contribution >= 0.6 is 11.3 Å². The molecule has 0 unspecified atom stereocenters. The number of nitrogens with zero attached hydrogens (tertiary/aromatic N) is 3. The van der Waals surface area contributed by atoms with Crippen LogP contribution in [-0.4, -0.2) is 40.7 Å². The van der Waals surface area contributed by atoms with Gasteiger partial charge >= 0.3 is 6.09 Å². The van der Waals surface area contributed by atoms with Crippen LogP contribution in [0.15, 0.2) is 4.52 Å². The van der Waals surface area contributed by atoms with Gasteiger partial charge in [0, 0.05) is 29.8 Å². The summed E-state index contributed by atoms with van der Waals surface area (Å²) < 4.78 is 9.71. The highest BCUT2D eigenvalue weighted by Crippen LogP contribution is 2.29. The average molecular weight is 364 g/mol. The van der Waals surface area contributed by atoms with Crippen LogP contribution in [0.25, 0.3) is 0 Å². The molecule has 9 heteroatoms. The topological polar surface area (TPSA) is 97.6 Å². The molecule has 0 aliphatic carbocycles. The molecule has 3 heterocycles. The number of ether oxygens (including phenoxy) is 1. The molecule has 2 amide bonds. The fourth-order valence-electron chi connectivity index (χ4n) is 2.85. The van der Waals surface area contributed by atoms with E-state index in [2.05, 4.69) is 20.2 Å². The van der Waals surface area contributed by atoms with E-state index >= 15 is 0 Å². The highest BCUT2D eigenvalue weighted by atomic mass is 32.1. The number of rotatable bonds is 4. The molecule has 0 saturated carbocycles. The SMILES string of the molecule is COC(=O)Nc1nc2c(s1)CN(C(=O)CCc1c(C)noc1C)CC2. The lowest BCUT2D eigenvalue weighted by Gasteiger charge is -2.26. The summed E-state index contributed by atoms with van der Waals surface area (Å²) in [5.41, 5.74) is 2.78. The van der Waals surface area contributed by atoms with E-state index < -0.39 is 6.09 Å². The fourth-order valence-corrected chi connectivity index (χ4v) is 3.86. The van der Waals surface area contributed by atoms with E-state index in [4.69, 9.17) is 4.52 Å². The Bertz CT molecular complexity index is 779. The van der Waals surface area contributed by atoms with E-state index in [-0.39, 0.29) is 5.91 Å². The standard InChI is InChI=1S/C16H20N4O4S/c1-9-11(10(2)24-19-9)4-5-14(21)20-7-6-12-13(8-20)25-15(17-12)18-16(22)23-3/h4-8H2,1-3H3,(H,17,18,22). The zero-order valence-corrected chi connectivity index (χ0v) is 15.2. The van der Waals surface area contributed by atoms with E-state index in [0.717, 1.165) is 27.6 Å². The highest BCUT2D eigenvalue weighted by Gasteiger charge is 2.25. The Balaban J connectivity index is 1.60. The van der Waals surface area contributed by atoms with E-state index in [0.29, 0.717) is 37.5 Å². The van der Waals surface area contributed by atoms with Gasteiger partial charge in [0.2, 0.25) is 5.91 Å². The molecule has 0 atom stereocenters. The van der Waals surface area contributed by atoms with Crippen molar-refractivity contribution in [3.8, 4) is 0 Å². The number of fused-ring (bicyclic) bond motifs is 1. The van der Waals surface area contributed by atoms with E-state index in [1.165, 1.54) is 18.4 Å². The lowest BCUT2D eigenvalue weighted by Crippen LogP contribution is -2.35. The summed E-state index contributed by atoms with van der Waals surface area (Å²) in [5.74, 6) is 0.869. The molecule has 3 rings (SSSR count). The lowest BCUT2D eigenvalue weighted by atomic mass is 10.1. The van der Waals surface area contributed by atoms with E-state index in [1.54, 1.807) is 0 Å². The Hall–Kier alpha value is -2.42. The number of thiazole rings is 1. The molecule has 0 bridgehead atoms. The zero-order valence-electron chi connectivity index (χ0n) is 14.4. The Morgan fingerprint density at radius 2 is 2.20 bits per heavy atom. The number of nitrogens with one attached hydrogen (secondary N) is 1. The van der Waals surface area contributed by atoms with Crippen molar-refractivity contribution < 1.29 is 18.8 Å². The van der Waals surface area contributed by atoms with Gasteiger partial charge in [0.25, 0.3) is 0 Å². The van der Waals surface area contributed by atoms with Gasteiger partial charge in [0.05, 0.1) is 25.0 Å². The maximum atomic E-state index is 12.5. The van der Waals surface area contributed by atoms with Crippen molar-refractivity contribution >= 4 is 28.5 Å². The second kappa shape index (κ2) is 7.22. The first-order valence-electron chi connectivity index (χ1n) is 8.01. The average Bonchev–Trinajstić information content (AvgIpc) is 3.14. The van der Waals surface area contributed by atoms with Gasteiger partial charge in [-0.25, -0.2) is 9.78 Å². The maximum Gasteiger partial charge on any atom is 0.413 e. The van der Waals surface area contributed by atoms with Gasteiger partial charge in [-0.15, -0.1) is 0 Å². The normalized spacial score (nSPS) is 13.5. The number of carbonyl (C=O) groups excluding carboxylic acids is 2. The van der Waals surface area contributed by atoms with Crippen molar-refractivity contribution in [3.05, 3.63) is 27.6 Å². The van der Waals surface area contributed by atoms with Gasteiger partial charge in [-0.05, 0) is 20.3 Å². The monoisotopic (exact) mass is 364 g/mol. The molecule has 2 aromatic rings. The minimum atomic E-state index is -0.543. The Kier molecular flexibility index (Phi) is 5.03. The summed E-state index contributed by atoms with van der Waals surface area (Å²) in [7, 11) is 1.31. The first-order chi connectivity index (χ1) is 12.0. The third kappa shape index (κ3) is 3.81. The molecular formula is C16H20N4O4S. The van der Waals surface area contributed by atoms with E-state index in [1.807, 2.05) is 18.7 Å². The van der Waals surface area contributed by atoms with Crippen LogP contribution in [0.4, 0.5) is 9.93 Å². The molecule has 134 valence electrons. The van der Waals surface area contributed by atoms with Gasteiger partial charge in [0.15, 0.2) is 5.13 Å². The molecule has 1 N–H and O–H groups in total. The van der Waals surface area contributed by atoms with Crippen LogP contribution in [0, 0.1) is 13.8 Å². The van der Waals surface area contributed by atoms with Crippen molar-refractivity contribution in [3.63, 3.8) is 0 Å². The van der Waals surface area contributed by atoms with Gasteiger partial charge in [-0.3, -0.25) is 10.1 Å². The number of hydrogen-bond acceptors (Lipinski definition) is 7. The van der Waals surface area contributed by atoms with Crippen LogP contribution in [0.5, 0.6) is 0 Å². The summed E-state index contributed by atoms with van der Waals surface area (Å²) in [4.78, 5) is 31.0. The van der Waals surface area contributed by atoms with Crippen LogP contribution in [0.1, 0.15) is 34.0 Å². The maximum absolute atomic E-state index is 12.5. The summed E-state index contributed by atoms with van der Waals surface area (Å²) in [5, 5.41) is 6.99. The first kappa shape index (κ1) is 17.4.